The first-order valence-corrected chi connectivity index (χ1v) is 13.1. The lowest BCUT2D eigenvalue weighted by molar-refractivity contribution is -0.139. The normalized spacial score (nSPS) is 24.8. The fourth-order valence-corrected chi connectivity index (χ4v) is 6.64. The second-order valence-electron chi connectivity index (χ2n) is 10.3. The summed E-state index contributed by atoms with van der Waals surface area (Å²) in [5.74, 6) is -0.622. The fourth-order valence-electron chi connectivity index (χ4n) is 6.64. The van der Waals surface area contributed by atoms with Crippen LogP contribution in [0.4, 0.5) is 0 Å². The molecule has 7 heteroatoms. The van der Waals surface area contributed by atoms with Crippen LogP contribution in [0.25, 0.3) is 6.08 Å². The number of aliphatic hydroxyl groups excluding tert-OH is 1. The van der Waals surface area contributed by atoms with Gasteiger partial charge in [-0.05, 0) is 54.3 Å². The molecule has 1 amide bonds. The summed E-state index contributed by atoms with van der Waals surface area (Å²) in [5, 5.41) is 10.7. The molecule has 6 rings (SSSR count). The first-order chi connectivity index (χ1) is 18.1. The SMILES string of the molecule is C/C=C/c1ccc2n(c1=O)C[C@@H]1[C@@H](CO)[C@H](C(=O)N3CCc4ccccc4C3)[C@H]2N1Cc1ccncc1. The third-order valence-corrected chi connectivity index (χ3v) is 8.39. The third kappa shape index (κ3) is 4.03. The van der Waals surface area contributed by atoms with Gasteiger partial charge in [-0.1, -0.05) is 36.4 Å². The molecule has 0 radical (unpaired) electrons. The first-order valence-electron chi connectivity index (χ1n) is 13.1. The van der Waals surface area contributed by atoms with Crippen molar-refractivity contribution in [1.29, 1.82) is 0 Å². The number of rotatable bonds is 5. The van der Waals surface area contributed by atoms with Crippen LogP contribution in [-0.2, 0) is 30.8 Å². The van der Waals surface area contributed by atoms with E-state index in [9.17, 15) is 14.7 Å². The molecule has 0 unspecified atom stereocenters. The molecular weight excluding hydrogens is 464 g/mol. The van der Waals surface area contributed by atoms with Gasteiger partial charge >= 0.3 is 0 Å². The molecule has 37 heavy (non-hydrogen) atoms. The van der Waals surface area contributed by atoms with Gasteiger partial charge in [0.1, 0.15) is 0 Å². The summed E-state index contributed by atoms with van der Waals surface area (Å²) < 4.78 is 1.84. The Labute approximate surface area is 216 Å². The molecule has 2 bridgehead atoms. The molecule has 190 valence electrons. The Kier molecular flexibility index (Phi) is 6.26. The summed E-state index contributed by atoms with van der Waals surface area (Å²) in [7, 11) is 0. The predicted octanol–water partition coefficient (Wildman–Crippen LogP) is 3.03. The fraction of sp³-hybridized carbons (Fsp3) is 0.367. The molecule has 2 aromatic heterocycles. The van der Waals surface area contributed by atoms with E-state index in [0.717, 1.165) is 17.7 Å². The number of hydrogen-bond acceptors (Lipinski definition) is 5. The third-order valence-electron chi connectivity index (χ3n) is 8.39. The first kappa shape index (κ1) is 23.8. The van der Waals surface area contributed by atoms with Crippen LogP contribution in [0.15, 0.2) is 71.8 Å². The minimum absolute atomic E-state index is 0.0363. The van der Waals surface area contributed by atoms with E-state index in [0.29, 0.717) is 31.7 Å². The van der Waals surface area contributed by atoms with Crippen LogP contribution in [0, 0.1) is 11.8 Å². The number of nitrogens with zero attached hydrogens (tertiary/aromatic N) is 4. The number of carbonyl (C=O) groups is 1. The molecule has 3 aliphatic heterocycles. The molecule has 1 saturated heterocycles. The smallest absolute Gasteiger partial charge is 0.258 e. The van der Waals surface area contributed by atoms with Gasteiger partial charge in [0.15, 0.2) is 0 Å². The van der Waals surface area contributed by atoms with E-state index in [1.165, 1.54) is 11.1 Å². The van der Waals surface area contributed by atoms with E-state index < -0.39 is 5.92 Å². The van der Waals surface area contributed by atoms with Gasteiger partial charge < -0.3 is 14.6 Å². The molecule has 1 aromatic carbocycles. The van der Waals surface area contributed by atoms with Crippen molar-refractivity contribution in [3.63, 3.8) is 0 Å². The van der Waals surface area contributed by atoms with Gasteiger partial charge in [0.25, 0.3) is 5.56 Å². The number of carbonyl (C=O) groups excluding carboxylic acids is 1. The monoisotopic (exact) mass is 496 g/mol. The van der Waals surface area contributed by atoms with Gasteiger partial charge in [0, 0.05) is 68.4 Å². The Hall–Kier alpha value is -3.55. The van der Waals surface area contributed by atoms with Crippen molar-refractivity contribution in [1.82, 2.24) is 19.4 Å². The molecule has 1 fully saturated rings. The summed E-state index contributed by atoms with van der Waals surface area (Å²) in [6.45, 7) is 4.14. The number of amides is 1. The standard InChI is InChI=1S/C30H32N4O3/c1-2-5-22-8-9-25-28-27(30(37)32-15-12-21-6-3-4-7-23(21)17-32)24(19-35)26(18-34(25)29(22)36)33(28)16-20-10-13-31-14-11-20/h2-11,13-14,24,26-28,35H,12,15-19H2,1H3/b5-2+/t24-,26-,27+,28+/m1/s1. The van der Waals surface area contributed by atoms with Crippen molar-refractivity contribution in [2.75, 3.05) is 13.2 Å². The average molecular weight is 497 g/mol. The summed E-state index contributed by atoms with van der Waals surface area (Å²) >= 11 is 0. The van der Waals surface area contributed by atoms with Crippen LogP contribution in [0.3, 0.4) is 0 Å². The average Bonchev–Trinajstić information content (AvgIpc) is 3.13. The molecule has 0 saturated carbocycles. The van der Waals surface area contributed by atoms with E-state index in [1.807, 2.05) is 64.9 Å². The van der Waals surface area contributed by atoms with Crippen molar-refractivity contribution in [3.05, 3.63) is 105 Å². The van der Waals surface area contributed by atoms with Crippen molar-refractivity contribution in [2.45, 2.75) is 45.1 Å². The number of fused-ring (bicyclic) bond motifs is 5. The van der Waals surface area contributed by atoms with Crippen molar-refractivity contribution < 1.29 is 9.90 Å². The van der Waals surface area contributed by atoms with E-state index in [4.69, 9.17) is 0 Å². The molecule has 3 aliphatic rings. The van der Waals surface area contributed by atoms with Gasteiger partial charge in [0.2, 0.25) is 5.91 Å². The van der Waals surface area contributed by atoms with Crippen molar-refractivity contribution >= 4 is 12.0 Å². The van der Waals surface area contributed by atoms with Gasteiger partial charge in [-0.15, -0.1) is 0 Å². The molecule has 3 aromatic rings. The van der Waals surface area contributed by atoms with Crippen LogP contribution in [-0.4, -0.2) is 49.6 Å². The van der Waals surface area contributed by atoms with E-state index in [-0.39, 0.29) is 36.1 Å². The Morgan fingerprint density at radius 2 is 1.89 bits per heavy atom. The van der Waals surface area contributed by atoms with E-state index in [1.54, 1.807) is 12.4 Å². The molecule has 0 spiro atoms. The lowest BCUT2D eigenvalue weighted by Crippen LogP contribution is -2.46. The molecule has 5 heterocycles. The highest BCUT2D eigenvalue weighted by molar-refractivity contribution is 5.81. The highest BCUT2D eigenvalue weighted by Gasteiger charge is 2.56. The van der Waals surface area contributed by atoms with Crippen LogP contribution in [0.1, 0.15) is 40.9 Å². The molecule has 4 atom stereocenters. The van der Waals surface area contributed by atoms with E-state index in [2.05, 4.69) is 22.0 Å². The highest BCUT2D eigenvalue weighted by Crippen LogP contribution is 2.49. The zero-order chi connectivity index (χ0) is 25.5. The van der Waals surface area contributed by atoms with Crippen LogP contribution in [0.2, 0.25) is 0 Å². The quantitative estimate of drug-likeness (QED) is 0.588. The maximum Gasteiger partial charge on any atom is 0.258 e. The molecule has 1 N–H and O–H groups in total. The Bertz CT molecular complexity index is 1400. The zero-order valence-corrected chi connectivity index (χ0v) is 21.0. The maximum atomic E-state index is 14.3. The lowest BCUT2D eigenvalue weighted by Gasteiger charge is -2.39. The topological polar surface area (TPSA) is 78.7 Å². The minimum Gasteiger partial charge on any atom is -0.396 e. The lowest BCUT2D eigenvalue weighted by atomic mass is 9.85. The summed E-state index contributed by atoms with van der Waals surface area (Å²) in [4.78, 5) is 36.1. The van der Waals surface area contributed by atoms with Crippen LogP contribution < -0.4 is 5.56 Å². The van der Waals surface area contributed by atoms with E-state index >= 15 is 0 Å². The Balaban J connectivity index is 1.42. The largest absolute Gasteiger partial charge is 0.396 e. The van der Waals surface area contributed by atoms with Gasteiger partial charge in [-0.25, -0.2) is 0 Å². The predicted molar refractivity (Wildman–Crippen MR) is 141 cm³/mol. The molecule has 0 aliphatic carbocycles. The maximum absolute atomic E-state index is 14.3. The number of aliphatic hydroxyl groups is 1. The summed E-state index contributed by atoms with van der Waals surface area (Å²) in [5.41, 5.74) is 5.04. The second-order valence-corrected chi connectivity index (χ2v) is 10.3. The number of hydrogen-bond donors (Lipinski definition) is 1. The second kappa shape index (κ2) is 9.72. The highest BCUT2D eigenvalue weighted by atomic mass is 16.3. The number of aromatic nitrogens is 2. The van der Waals surface area contributed by atoms with Crippen molar-refractivity contribution in [2.24, 2.45) is 11.8 Å². The van der Waals surface area contributed by atoms with Crippen molar-refractivity contribution in [3.8, 4) is 0 Å². The minimum atomic E-state index is -0.428. The molecular formula is C30H32N4O3. The van der Waals surface area contributed by atoms with Crippen LogP contribution >= 0.6 is 0 Å². The van der Waals surface area contributed by atoms with Gasteiger partial charge in [-0.2, -0.15) is 0 Å². The van der Waals surface area contributed by atoms with Crippen LogP contribution in [0.5, 0.6) is 0 Å². The van der Waals surface area contributed by atoms with Gasteiger partial charge in [-0.3, -0.25) is 19.5 Å². The summed E-state index contributed by atoms with van der Waals surface area (Å²) in [6, 6.07) is 15.7. The number of benzene rings is 1. The zero-order valence-electron chi connectivity index (χ0n) is 21.0. The molecule has 7 nitrogen and oxygen atoms in total. The number of allylic oxidation sites excluding steroid dienone is 1. The Morgan fingerprint density at radius 1 is 1.11 bits per heavy atom. The Morgan fingerprint density at radius 3 is 2.65 bits per heavy atom. The van der Waals surface area contributed by atoms with Gasteiger partial charge in [0.05, 0.1) is 12.0 Å². The number of pyridine rings is 2. The summed E-state index contributed by atoms with van der Waals surface area (Å²) in [6.07, 6.45) is 8.09.